The first-order valence-corrected chi connectivity index (χ1v) is 8.25. The maximum atomic E-state index is 4.19. The molecule has 1 aromatic heterocycles. The van der Waals surface area contributed by atoms with Gasteiger partial charge < -0.3 is 9.80 Å². The molecule has 98 valence electrons. The van der Waals surface area contributed by atoms with E-state index in [0.717, 1.165) is 33.3 Å². The molecule has 0 amide bonds. The van der Waals surface area contributed by atoms with Crippen LogP contribution in [0.2, 0.25) is 0 Å². The van der Waals surface area contributed by atoms with Gasteiger partial charge in [-0.2, -0.15) is 0 Å². The molecule has 1 aromatic rings. The zero-order chi connectivity index (χ0) is 12.7. The maximum Gasteiger partial charge on any atom is 0.175 e. The first kappa shape index (κ1) is 15.2. The van der Waals surface area contributed by atoms with E-state index < -0.39 is 0 Å². The zero-order valence-electron chi connectivity index (χ0n) is 10.8. The van der Waals surface area contributed by atoms with Gasteiger partial charge in [-0.15, -0.1) is 10.2 Å². The summed E-state index contributed by atoms with van der Waals surface area (Å²) >= 11 is 5.28. The van der Waals surface area contributed by atoms with Crippen LogP contribution >= 0.6 is 34.9 Å². The lowest BCUT2D eigenvalue weighted by Crippen LogP contribution is -2.14. The summed E-state index contributed by atoms with van der Waals surface area (Å²) in [6.45, 7) is 2.15. The van der Waals surface area contributed by atoms with Crippen LogP contribution < -0.4 is 0 Å². The third kappa shape index (κ3) is 7.25. The Morgan fingerprint density at radius 2 is 1.29 bits per heavy atom. The van der Waals surface area contributed by atoms with Gasteiger partial charge >= 0.3 is 0 Å². The van der Waals surface area contributed by atoms with Crippen LogP contribution in [0, 0.1) is 0 Å². The second-order valence-corrected chi connectivity index (χ2v) is 7.80. The fraction of sp³-hybridized carbons (Fsp3) is 0.800. The average molecular weight is 292 g/mol. The van der Waals surface area contributed by atoms with Gasteiger partial charge in [-0.1, -0.05) is 34.9 Å². The van der Waals surface area contributed by atoms with Crippen LogP contribution in [0.4, 0.5) is 0 Å². The molecule has 0 fully saturated rings. The van der Waals surface area contributed by atoms with Gasteiger partial charge in [-0.05, 0) is 28.2 Å². The van der Waals surface area contributed by atoms with E-state index in [1.165, 1.54) is 0 Å². The number of rotatable bonds is 8. The fourth-order valence-electron chi connectivity index (χ4n) is 0.945. The molecule has 0 saturated heterocycles. The monoisotopic (exact) mass is 292 g/mol. The molecule has 0 saturated carbocycles. The quantitative estimate of drug-likeness (QED) is 0.680. The highest BCUT2D eigenvalue weighted by Gasteiger charge is 2.05. The van der Waals surface area contributed by atoms with Gasteiger partial charge in [-0.25, -0.2) is 0 Å². The Kier molecular flexibility index (Phi) is 7.45. The topological polar surface area (TPSA) is 32.3 Å². The maximum absolute atomic E-state index is 4.19. The van der Waals surface area contributed by atoms with Crippen LogP contribution in [0.25, 0.3) is 0 Å². The molecule has 0 aliphatic carbocycles. The van der Waals surface area contributed by atoms with E-state index in [2.05, 4.69) is 48.2 Å². The third-order valence-electron chi connectivity index (χ3n) is 1.92. The lowest BCUT2D eigenvalue weighted by Gasteiger charge is -2.06. The molecular formula is C10H20N4S3. The minimum atomic E-state index is 1.07. The average Bonchev–Trinajstić information content (AvgIpc) is 2.65. The van der Waals surface area contributed by atoms with Crippen molar-refractivity contribution in [2.45, 2.75) is 8.68 Å². The van der Waals surface area contributed by atoms with Crippen molar-refractivity contribution >= 4 is 34.9 Å². The largest absolute Gasteiger partial charge is 0.309 e. The number of nitrogens with zero attached hydrogens (tertiary/aromatic N) is 4. The van der Waals surface area contributed by atoms with Gasteiger partial charge in [-0.3, -0.25) is 0 Å². The molecule has 7 heteroatoms. The van der Waals surface area contributed by atoms with E-state index in [9.17, 15) is 0 Å². The Labute approximate surface area is 116 Å². The standard InChI is InChI=1S/C10H20N4S3/c1-13(2)5-7-15-9-11-12-10(17-9)16-8-6-14(3)4/h5-8H2,1-4H3. The molecule has 0 N–H and O–H groups in total. The number of hydrogen-bond donors (Lipinski definition) is 0. The minimum absolute atomic E-state index is 1.07. The van der Waals surface area contributed by atoms with Crippen molar-refractivity contribution in [3.8, 4) is 0 Å². The van der Waals surface area contributed by atoms with Gasteiger partial charge in [0, 0.05) is 24.6 Å². The number of hydrogen-bond acceptors (Lipinski definition) is 7. The van der Waals surface area contributed by atoms with E-state index in [1.807, 2.05) is 0 Å². The number of thioether (sulfide) groups is 2. The predicted octanol–water partition coefficient (Wildman–Crippen LogP) is 1.85. The predicted molar refractivity (Wildman–Crippen MR) is 78.5 cm³/mol. The fourth-order valence-corrected chi connectivity index (χ4v) is 4.32. The van der Waals surface area contributed by atoms with Gasteiger partial charge in [0.1, 0.15) is 0 Å². The Bertz CT molecular complexity index is 286. The zero-order valence-corrected chi connectivity index (χ0v) is 13.3. The third-order valence-corrected chi connectivity index (χ3v) is 5.07. The lowest BCUT2D eigenvalue weighted by molar-refractivity contribution is 0.437. The molecule has 0 spiro atoms. The summed E-state index contributed by atoms with van der Waals surface area (Å²) in [6.07, 6.45) is 0. The molecule has 17 heavy (non-hydrogen) atoms. The summed E-state index contributed by atoms with van der Waals surface area (Å²) in [5, 5.41) is 8.38. The summed E-state index contributed by atoms with van der Waals surface area (Å²) in [5.74, 6) is 2.15. The van der Waals surface area contributed by atoms with Crippen molar-refractivity contribution in [1.29, 1.82) is 0 Å². The van der Waals surface area contributed by atoms with E-state index >= 15 is 0 Å². The highest BCUT2D eigenvalue weighted by Crippen LogP contribution is 2.28. The van der Waals surface area contributed by atoms with Gasteiger partial charge in [0.2, 0.25) is 0 Å². The highest BCUT2D eigenvalue weighted by molar-refractivity contribution is 8.03. The molecule has 0 radical (unpaired) electrons. The normalized spacial score (nSPS) is 11.6. The van der Waals surface area contributed by atoms with E-state index in [1.54, 1.807) is 34.9 Å². The molecule has 0 bridgehead atoms. The molecule has 1 rings (SSSR count). The van der Waals surface area contributed by atoms with Crippen LogP contribution in [-0.4, -0.2) is 72.8 Å². The Morgan fingerprint density at radius 3 is 1.65 bits per heavy atom. The van der Waals surface area contributed by atoms with Gasteiger partial charge in [0.15, 0.2) is 8.68 Å². The van der Waals surface area contributed by atoms with Crippen molar-refractivity contribution < 1.29 is 0 Å². The van der Waals surface area contributed by atoms with Crippen LogP contribution in [0.3, 0.4) is 0 Å². The molecule has 4 nitrogen and oxygen atoms in total. The molecule has 1 heterocycles. The van der Waals surface area contributed by atoms with Crippen LogP contribution in [0.1, 0.15) is 0 Å². The minimum Gasteiger partial charge on any atom is -0.309 e. The Morgan fingerprint density at radius 1 is 0.882 bits per heavy atom. The smallest absolute Gasteiger partial charge is 0.175 e. The SMILES string of the molecule is CN(C)CCSc1nnc(SCCN(C)C)s1. The van der Waals surface area contributed by atoms with Crippen molar-refractivity contribution in [2.24, 2.45) is 0 Å². The second kappa shape index (κ2) is 8.31. The second-order valence-electron chi connectivity index (χ2n) is 4.14. The van der Waals surface area contributed by atoms with Crippen LogP contribution in [0.15, 0.2) is 8.68 Å². The summed E-state index contributed by atoms with van der Waals surface area (Å²) in [5.41, 5.74) is 0. The van der Waals surface area contributed by atoms with Gasteiger partial charge in [0.25, 0.3) is 0 Å². The Hall–Kier alpha value is 0.180. The first-order valence-electron chi connectivity index (χ1n) is 5.46. The highest BCUT2D eigenvalue weighted by atomic mass is 32.2. The van der Waals surface area contributed by atoms with Crippen molar-refractivity contribution in [3.05, 3.63) is 0 Å². The van der Waals surface area contributed by atoms with Gasteiger partial charge in [0.05, 0.1) is 0 Å². The first-order chi connectivity index (χ1) is 8.08. The summed E-state index contributed by atoms with van der Waals surface area (Å²) in [6, 6.07) is 0. The summed E-state index contributed by atoms with van der Waals surface area (Å²) < 4.78 is 2.17. The van der Waals surface area contributed by atoms with E-state index in [4.69, 9.17) is 0 Å². The molecule has 0 aromatic carbocycles. The molecule has 0 aliphatic rings. The lowest BCUT2D eigenvalue weighted by atomic mass is 10.7. The van der Waals surface area contributed by atoms with E-state index in [0.29, 0.717) is 0 Å². The van der Waals surface area contributed by atoms with Crippen LogP contribution in [-0.2, 0) is 0 Å². The molecular weight excluding hydrogens is 272 g/mol. The number of aromatic nitrogens is 2. The molecule has 0 atom stereocenters. The van der Waals surface area contributed by atoms with Crippen molar-refractivity contribution in [2.75, 3.05) is 52.8 Å². The Balaban J connectivity index is 2.23. The van der Waals surface area contributed by atoms with E-state index in [-0.39, 0.29) is 0 Å². The summed E-state index contributed by atoms with van der Waals surface area (Å²) in [4.78, 5) is 4.36. The summed E-state index contributed by atoms with van der Waals surface area (Å²) in [7, 11) is 8.35. The molecule has 0 unspecified atom stereocenters. The van der Waals surface area contributed by atoms with Crippen LogP contribution in [0.5, 0.6) is 0 Å². The molecule has 0 aliphatic heterocycles. The van der Waals surface area contributed by atoms with Crippen molar-refractivity contribution in [3.63, 3.8) is 0 Å². The van der Waals surface area contributed by atoms with Crippen molar-refractivity contribution in [1.82, 2.24) is 20.0 Å².